The molecule has 1 fully saturated rings. The van der Waals surface area contributed by atoms with E-state index in [4.69, 9.17) is 16.3 Å². The van der Waals surface area contributed by atoms with Crippen molar-refractivity contribution in [1.82, 2.24) is 4.90 Å². The standard InChI is InChI=1S/C15H18ClN3O3S/c1-8-5-10(11(22-4)6-9(8)16)18-13(20)7-12-14(21)19(3)15(17-2)23-12/h5-6,12H,7H2,1-4H3,(H,18,20)/t12-/m1/s1. The highest BCUT2D eigenvalue weighted by Crippen LogP contribution is 2.32. The van der Waals surface area contributed by atoms with Crippen molar-refractivity contribution in [2.45, 2.75) is 18.6 Å². The van der Waals surface area contributed by atoms with E-state index in [1.54, 1.807) is 26.2 Å². The van der Waals surface area contributed by atoms with Crippen LogP contribution in [0.2, 0.25) is 5.02 Å². The molecule has 2 rings (SSSR count). The quantitative estimate of drug-likeness (QED) is 0.901. The molecule has 1 aliphatic heterocycles. The van der Waals surface area contributed by atoms with Gasteiger partial charge in [0.2, 0.25) is 11.8 Å². The molecule has 1 aromatic rings. The van der Waals surface area contributed by atoms with E-state index >= 15 is 0 Å². The molecule has 1 atom stereocenters. The molecule has 0 unspecified atom stereocenters. The number of benzene rings is 1. The van der Waals surface area contributed by atoms with Gasteiger partial charge in [-0.15, -0.1) is 0 Å². The summed E-state index contributed by atoms with van der Waals surface area (Å²) in [5, 5.41) is 3.50. The van der Waals surface area contributed by atoms with Crippen LogP contribution in [0.15, 0.2) is 17.1 Å². The van der Waals surface area contributed by atoms with E-state index in [9.17, 15) is 9.59 Å². The number of carbonyl (C=O) groups excluding carboxylic acids is 2. The summed E-state index contributed by atoms with van der Waals surface area (Å²) < 4.78 is 5.23. The maximum absolute atomic E-state index is 12.3. The second kappa shape index (κ2) is 7.23. The maximum Gasteiger partial charge on any atom is 0.242 e. The van der Waals surface area contributed by atoms with Crippen LogP contribution < -0.4 is 10.1 Å². The second-order valence-electron chi connectivity index (χ2n) is 5.06. The Morgan fingerprint density at radius 3 is 2.78 bits per heavy atom. The third-order valence-electron chi connectivity index (χ3n) is 3.46. The third-order valence-corrected chi connectivity index (χ3v) is 5.18. The minimum Gasteiger partial charge on any atom is -0.495 e. The van der Waals surface area contributed by atoms with Gasteiger partial charge in [-0.1, -0.05) is 23.4 Å². The van der Waals surface area contributed by atoms with Crippen molar-refractivity contribution in [3.63, 3.8) is 0 Å². The number of ether oxygens (including phenoxy) is 1. The zero-order chi connectivity index (χ0) is 17.1. The minimum atomic E-state index is -0.460. The average Bonchev–Trinajstić information content (AvgIpc) is 2.78. The van der Waals surface area contributed by atoms with Gasteiger partial charge in [-0.3, -0.25) is 19.5 Å². The topological polar surface area (TPSA) is 71.0 Å². The molecule has 0 aromatic heterocycles. The molecular weight excluding hydrogens is 338 g/mol. The van der Waals surface area contributed by atoms with Gasteiger partial charge in [-0.05, 0) is 18.6 Å². The lowest BCUT2D eigenvalue weighted by Crippen LogP contribution is -2.30. The number of hydrogen-bond acceptors (Lipinski definition) is 5. The minimum absolute atomic E-state index is 0.0672. The first kappa shape index (κ1) is 17.6. The summed E-state index contributed by atoms with van der Waals surface area (Å²) in [6, 6.07) is 3.39. The molecule has 1 saturated heterocycles. The summed E-state index contributed by atoms with van der Waals surface area (Å²) in [5.41, 5.74) is 1.36. The molecule has 124 valence electrons. The first-order valence-corrected chi connectivity index (χ1v) is 8.18. The largest absolute Gasteiger partial charge is 0.495 e. The highest BCUT2D eigenvalue weighted by molar-refractivity contribution is 8.15. The zero-order valence-corrected chi connectivity index (χ0v) is 14.9. The molecule has 0 saturated carbocycles. The molecule has 1 aromatic carbocycles. The van der Waals surface area contributed by atoms with Gasteiger partial charge < -0.3 is 10.1 Å². The fourth-order valence-electron chi connectivity index (χ4n) is 2.20. The number of nitrogens with one attached hydrogen (secondary N) is 1. The van der Waals surface area contributed by atoms with E-state index in [0.717, 1.165) is 5.56 Å². The van der Waals surface area contributed by atoms with Crippen molar-refractivity contribution in [3.05, 3.63) is 22.7 Å². The number of rotatable bonds is 4. The number of thioether (sulfide) groups is 1. The fourth-order valence-corrected chi connectivity index (χ4v) is 3.45. The lowest BCUT2D eigenvalue weighted by Gasteiger charge is -2.13. The van der Waals surface area contributed by atoms with Crippen molar-refractivity contribution < 1.29 is 14.3 Å². The number of anilines is 1. The Hall–Kier alpha value is -1.73. The average molecular weight is 356 g/mol. The van der Waals surface area contributed by atoms with Crippen molar-refractivity contribution in [2.75, 3.05) is 26.5 Å². The molecule has 0 spiro atoms. The molecule has 6 nitrogen and oxygen atoms in total. The van der Waals surface area contributed by atoms with E-state index in [0.29, 0.717) is 21.6 Å². The summed E-state index contributed by atoms with van der Waals surface area (Å²) in [7, 11) is 4.78. The van der Waals surface area contributed by atoms with Crippen LogP contribution in [-0.2, 0) is 9.59 Å². The van der Waals surface area contributed by atoms with Crippen LogP contribution in [0.25, 0.3) is 0 Å². The number of amides is 2. The van der Waals surface area contributed by atoms with Crippen LogP contribution in [0, 0.1) is 6.92 Å². The number of hydrogen-bond donors (Lipinski definition) is 1. The number of halogens is 1. The van der Waals surface area contributed by atoms with Crippen LogP contribution in [0.1, 0.15) is 12.0 Å². The van der Waals surface area contributed by atoms with Gasteiger partial charge in [0.1, 0.15) is 11.0 Å². The molecule has 0 aliphatic carbocycles. The summed E-state index contributed by atoms with van der Waals surface area (Å²) in [4.78, 5) is 29.8. The molecular formula is C15H18ClN3O3S. The monoisotopic (exact) mass is 355 g/mol. The predicted octanol–water partition coefficient (Wildman–Crippen LogP) is 2.55. The van der Waals surface area contributed by atoms with Crippen LogP contribution in [-0.4, -0.2) is 48.3 Å². The number of nitrogens with zero attached hydrogens (tertiary/aromatic N) is 2. The van der Waals surface area contributed by atoms with Crippen LogP contribution in [0.5, 0.6) is 5.75 Å². The van der Waals surface area contributed by atoms with Gasteiger partial charge in [-0.2, -0.15) is 0 Å². The zero-order valence-electron chi connectivity index (χ0n) is 13.3. The number of carbonyl (C=O) groups is 2. The van der Waals surface area contributed by atoms with Crippen molar-refractivity contribution in [3.8, 4) is 5.75 Å². The van der Waals surface area contributed by atoms with Gasteiger partial charge >= 0.3 is 0 Å². The summed E-state index contributed by atoms with van der Waals surface area (Å²) in [6.07, 6.45) is 0.0672. The first-order chi connectivity index (χ1) is 10.9. The highest BCUT2D eigenvalue weighted by Gasteiger charge is 2.36. The van der Waals surface area contributed by atoms with Crippen molar-refractivity contribution in [2.24, 2.45) is 4.99 Å². The summed E-state index contributed by atoms with van der Waals surface area (Å²) >= 11 is 7.34. The Kier molecular flexibility index (Phi) is 5.54. The third kappa shape index (κ3) is 3.79. The van der Waals surface area contributed by atoms with Crippen molar-refractivity contribution in [1.29, 1.82) is 0 Å². The molecule has 1 N–H and O–H groups in total. The van der Waals surface area contributed by atoms with E-state index in [1.165, 1.54) is 23.8 Å². The van der Waals surface area contributed by atoms with Gasteiger partial charge in [0.05, 0.1) is 12.8 Å². The summed E-state index contributed by atoms with van der Waals surface area (Å²) in [5.74, 6) is 0.0962. The van der Waals surface area contributed by atoms with Gasteiger partial charge in [0.15, 0.2) is 5.17 Å². The van der Waals surface area contributed by atoms with E-state index < -0.39 is 5.25 Å². The number of methoxy groups -OCH3 is 1. The Morgan fingerprint density at radius 2 is 2.22 bits per heavy atom. The molecule has 23 heavy (non-hydrogen) atoms. The van der Waals surface area contributed by atoms with Crippen LogP contribution in [0.4, 0.5) is 5.69 Å². The SMILES string of the molecule is CN=C1S[C@H](CC(=O)Nc2cc(C)c(Cl)cc2OC)C(=O)N1C. The van der Waals surface area contributed by atoms with E-state index in [2.05, 4.69) is 10.3 Å². The number of aliphatic imine (C=N–C) groups is 1. The number of aryl methyl sites for hydroxylation is 1. The lowest BCUT2D eigenvalue weighted by molar-refractivity contribution is -0.127. The van der Waals surface area contributed by atoms with Crippen LogP contribution in [0.3, 0.4) is 0 Å². The predicted molar refractivity (Wildman–Crippen MR) is 93.5 cm³/mol. The van der Waals surface area contributed by atoms with E-state index in [1.807, 2.05) is 6.92 Å². The lowest BCUT2D eigenvalue weighted by atomic mass is 10.2. The van der Waals surface area contributed by atoms with Gasteiger partial charge in [0, 0.05) is 31.6 Å². The maximum atomic E-state index is 12.3. The second-order valence-corrected chi connectivity index (χ2v) is 6.64. The van der Waals surface area contributed by atoms with Gasteiger partial charge in [-0.25, -0.2) is 0 Å². The van der Waals surface area contributed by atoms with Gasteiger partial charge in [0.25, 0.3) is 0 Å². The Labute approximate surface area is 144 Å². The Bertz CT molecular complexity index is 678. The molecule has 8 heteroatoms. The van der Waals surface area contributed by atoms with Crippen LogP contribution >= 0.6 is 23.4 Å². The molecule has 0 bridgehead atoms. The normalized spacial score (nSPS) is 19.3. The highest BCUT2D eigenvalue weighted by atomic mass is 35.5. The smallest absolute Gasteiger partial charge is 0.242 e. The Morgan fingerprint density at radius 1 is 1.52 bits per heavy atom. The fraction of sp³-hybridized carbons (Fsp3) is 0.400. The van der Waals surface area contributed by atoms with Crippen molar-refractivity contribution >= 4 is 46.0 Å². The molecule has 2 amide bonds. The number of amidine groups is 1. The Balaban J connectivity index is 2.09. The molecule has 1 aliphatic rings. The molecule has 1 heterocycles. The van der Waals surface area contributed by atoms with E-state index in [-0.39, 0.29) is 18.2 Å². The molecule has 0 radical (unpaired) electrons. The summed E-state index contributed by atoms with van der Waals surface area (Å²) in [6.45, 7) is 1.84. The first-order valence-electron chi connectivity index (χ1n) is 6.92.